The van der Waals surface area contributed by atoms with Crippen LogP contribution in [0.5, 0.6) is 0 Å². The van der Waals surface area contributed by atoms with Crippen molar-refractivity contribution in [1.29, 1.82) is 0 Å². The summed E-state index contributed by atoms with van der Waals surface area (Å²) < 4.78 is 45.6. The van der Waals surface area contributed by atoms with E-state index >= 15 is 0 Å². The predicted molar refractivity (Wildman–Crippen MR) is 142 cm³/mol. The molecule has 41 heavy (non-hydrogen) atoms. The van der Waals surface area contributed by atoms with Gasteiger partial charge in [-0.15, -0.1) is 0 Å². The van der Waals surface area contributed by atoms with Crippen molar-refractivity contribution in [2.75, 3.05) is 6.61 Å². The first-order valence-corrected chi connectivity index (χ1v) is 12.7. The van der Waals surface area contributed by atoms with E-state index in [9.17, 15) is 24.0 Å². The third kappa shape index (κ3) is 5.37. The first-order valence-electron chi connectivity index (χ1n) is 14.1. The Bertz CT molecular complexity index is 1630. The maximum atomic E-state index is 13.2. The fourth-order valence-electron chi connectivity index (χ4n) is 4.86. The Labute approximate surface area is 247 Å². The first kappa shape index (κ1) is 24.8. The summed E-state index contributed by atoms with van der Waals surface area (Å²) in [6, 6.07) is 9.15. The second kappa shape index (κ2) is 11.1. The molecule has 1 unspecified atom stereocenters. The summed E-state index contributed by atoms with van der Waals surface area (Å²) in [6.45, 7) is -3.24. The van der Waals surface area contributed by atoms with Gasteiger partial charge in [-0.05, 0) is 24.3 Å². The summed E-state index contributed by atoms with van der Waals surface area (Å²) in [5.41, 5.74) is 0.912. The molecule has 0 bridgehead atoms. The van der Waals surface area contributed by atoms with E-state index in [1.807, 2.05) is 0 Å². The maximum Gasteiger partial charge on any atom is 0.303 e. The van der Waals surface area contributed by atoms with Crippen LogP contribution in [-0.4, -0.2) is 69.1 Å². The number of rotatable bonds is 7. The maximum absolute atomic E-state index is 13.2. The van der Waals surface area contributed by atoms with Crippen molar-refractivity contribution in [1.82, 2.24) is 14.5 Å². The molecule has 4 atom stereocenters. The zero-order valence-electron chi connectivity index (χ0n) is 24.1. The van der Waals surface area contributed by atoms with Crippen LogP contribution < -0.4 is 0 Å². The number of hydrogen-bond acceptors (Lipinski definition) is 10. The smallest absolute Gasteiger partial charge is 0.303 e. The average molecular weight is 607 g/mol. The van der Waals surface area contributed by atoms with Crippen LogP contribution in [0.15, 0.2) is 36.4 Å². The molecule has 5 rings (SSSR count). The molecule has 0 aliphatic carbocycles. The molecule has 0 saturated carbocycles. The summed E-state index contributed by atoms with van der Waals surface area (Å²) >= 11 is 12.6. The number of benzene rings is 2. The van der Waals surface area contributed by atoms with Crippen LogP contribution in [0, 0.1) is 0 Å². The minimum atomic E-state index is -1.49. The molecule has 3 heterocycles. The molecule has 14 heteroatoms. The fraction of sp³-hybridized carbons (Fsp3) is 0.333. The van der Waals surface area contributed by atoms with Crippen LogP contribution in [0.4, 0.5) is 0 Å². The van der Waals surface area contributed by atoms with Crippen molar-refractivity contribution in [2.45, 2.75) is 51.8 Å². The minimum absolute atomic E-state index is 0.0548. The van der Waals surface area contributed by atoms with Crippen LogP contribution in [0.2, 0.25) is 10.0 Å². The second-order valence-electron chi connectivity index (χ2n) is 9.05. The number of ether oxygens (including phenoxy) is 4. The number of hydrogen-bond donors (Lipinski definition) is 0. The lowest BCUT2D eigenvalue weighted by Crippen LogP contribution is -2.41. The Morgan fingerprint density at radius 3 is 2.20 bits per heavy atom. The van der Waals surface area contributed by atoms with Crippen LogP contribution >= 0.6 is 23.2 Å². The number of halogens is 2. The van der Waals surface area contributed by atoms with Gasteiger partial charge in [-0.1, -0.05) is 35.3 Å². The third-order valence-electron chi connectivity index (χ3n) is 6.47. The molecule has 12 nitrogen and oxygen atoms in total. The molecule has 2 aromatic carbocycles. The molecule has 2 aliphatic heterocycles. The van der Waals surface area contributed by atoms with Gasteiger partial charge < -0.3 is 18.9 Å². The van der Waals surface area contributed by atoms with E-state index in [4.69, 9.17) is 46.3 Å². The Hall–Kier alpha value is -4.00. The van der Waals surface area contributed by atoms with Gasteiger partial charge in [0.1, 0.15) is 18.5 Å². The predicted octanol–water partition coefficient (Wildman–Crippen LogP) is 3.46. The van der Waals surface area contributed by atoms with Gasteiger partial charge in [-0.2, -0.15) is 0 Å². The molecule has 1 aromatic heterocycles. The zero-order valence-corrected chi connectivity index (χ0v) is 22.6. The van der Waals surface area contributed by atoms with Crippen molar-refractivity contribution in [3.63, 3.8) is 0 Å². The van der Waals surface area contributed by atoms with Crippen molar-refractivity contribution >= 4 is 64.0 Å². The molecule has 1 fully saturated rings. The van der Waals surface area contributed by atoms with E-state index in [0.29, 0.717) is 0 Å². The minimum Gasteiger partial charge on any atom is -0.463 e. The van der Waals surface area contributed by atoms with Gasteiger partial charge >= 0.3 is 17.9 Å². The Balaban J connectivity index is 1.63. The number of fused-ring (bicyclic) bond motifs is 2. The van der Waals surface area contributed by atoms with E-state index in [1.54, 1.807) is 12.1 Å². The van der Waals surface area contributed by atoms with Crippen LogP contribution in [-0.2, 0) is 39.9 Å². The van der Waals surface area contributed by atoms with E-state index in [1.165, 1.54) is 28.8 Å². The lowest BCUT2D eigenvalue weighted by Gasteiger charge is -2.25. The summed E-state index contributed by atoms with van der Waals surface area (Å²) in [5.74, 6) is -4.05. The summed E-state index contributed by atoms with van der Waals surface area (Å²) in [7, 11) is 0. The van der Waals surface area contributed by atoms with Gasteiger partial charge in [-0.25, -0.2) is 4.98 Å². The monoisotopic (exact) mass is 606 g/mol. The number of aromatic nitrogens is 2. The average Bonchev–Trinajstić information content (AvgIpc) is 3.61. The highest BCUT2D eigenvalue weighted by molar-refractivity contribution is 6.42. The summed E-state index contributed by atoms with van der Waals surface area (Å²) in [6.07, 6.45) is -5.61. The van der Waals surface area contributed by atoms with Crippen molar-refractivity contribution < 1.29 is 47.0 Å². The largest absolute Gasteiger partial charge is 0.463 e. The summed E-state index contributed by atoms with van der Waals surface area (Å²) in [5, 5.41) is 0.242. The molecule has 0 spiro atoms. The molecule has 2 amide bonds. The molecular formula is C27H23Cl2N3O9. The van der Waals surface area contributed by atoms with Crippen LogP contribution in [0.1, 0.15) is 57.6 Å². The van der Waals surface area contributed by atoms with Gasteiger partial charge in [0.15, 0.2) is 18.4 Å². The molecule has 2 aliphatic rings. The standard InChI is InChI=1S/C27H23Cl2N3O9/c1-12(33)38-11-21-23(39-13(2)34)24(40-14(3)35)27(41-21)32-20-9-18(29)17(28)8-19(20)30-22(32)10-31-25(36)15-6-4-5-7-16(15)26(31)37/h4-9,21,23-24,27H,10-11H2,1-3H3/t21-,23-,24-,27?/m1/s1/i1D,2D,3D. The van der Waals surface area contributed by atoms with E-state index in [-0.39, 0.29) is 44.6 Å². The van der Waals surface area contributed by atoms with Crippen molar-refractivity contribution in [3.8, 4) is 0 Å². The fourth-order valence-corrected chi connectivity index (χ4v) is 5.17. The normalized spacial score (nSPS) is 22.7. The van der Waals surface area contributed by atoms with Gasteiger partial charge in [0.2, 0.25) is 0 Å². The van der Waals surface area contributed by atoms with Gasteiger partial charge in [-0.3, -0.25) is 33.4 Å². The summed E-state index contributed by atoms with van der Waals surface area (Å²) in [4.78, 5) is 68.5. The van der Waals surface area contributed by atoms with Crippen molar-refractivity contribution in [2.24, 2.45) is 0 Å². The quantitative estimate of drug-likeness (QED) is 0.223. The van der Waals surface area contributed by atoms with Crippen LogP contribution in [0.3, 0.4) is 0 Å². The molecule has 3 aromatic rings. The van der Waals surface area contributed by atoms with E-state index in [0.717, 1.165) is 4.90 Å². The molecule has 0 radical (unpaired) electrons. The lowest BCUT2D eigenvalue weighted by molar-refractivity contribution is -0.166. The van der Waals surface area contributed by atoms with Gasteiger partial charge in [0, 0.05) is 24.8 Å². The number of imidazole rings is 1. The SMILES string of the molecule is [2H]CC(=O)OC[C@H]1OC(n2c(CN3C(=O)c4ccccc4C3=O)nc3cc(Cl)c(Cl)cc32)[C@H](OC(=O)C[2H])[C@@H]1OC(=O)C[2H]. The number of nitrogens with zero attached hydrogens (tertiary/aromatic N) is 3. The van der Waals surface area contributed by atoms with E-state index < -0.39 is 81.6 Å². The highest BCUT2D eigenvalue weighted by Gasteiger charge is 2.51. The molecule has 0 N–H and O–H groups in total. The zero-order chi connectivity index (χ0) is 31.7. The second-order valence-corrected chi connectivity index (χ2v) is 9.87. The Morgan fingerprint density at radius 2 is 1.56 bits per heavy atom. The highest BCUT2D eigenvalue weighted by Crippen LogP contribution is 2.39. The number of amides is 2. The van der Waals surface area contributed by atoms with E-state index in [2.05, 4.69) is 4.98 Å². The molecule has 1 saturated heterocycles. The number of imide groups is 1. The number of carbonyl (C=O) groups excluding carboxylic acids is 5. The van der Waals surface area contributed by atoms with Crippen LogP contribution in [0.25, 0.3) is 11.0 Å². The third-order valence-corrected chi connectivity index (χ3v) is 7.19. The number of carbonyl (C=O) groups is 5. The highest BCUT2D eigenvalue weighted by atomic mass is 35.5. The van der Waals surface area contributed by atoms with Gasteiger partial charge in [0.25, 0.3) is 11.8 Å². The lowest BCUT2D eigenvalue weighted by atomic mass is 10.1. The van der Waals surface area contributed by atoms with Gasteiger partial charge in [0.05, 0.1) is 38.8 Å². The topological polar surface area (TPSA) is 143 Å². The molecular weight excluding hydrogens is 581 g/mol. The molecule has 214 valence electrons. The Kier molecular flexibility index (Phi) is 6.71. The number of esters is 3. The van der Waals surface area contributed by atoms with Crippen molar-refractivity contribution in [3.05, 3.63) is 63.4 Å². The Morgan fingerprint density at radius 1 is 0.951 bits per heavy atom. The first-order chi connectivity index (χ1) is 21.1.